The van der Waals surface area contributed by atoms with Crippen molar-refractivity contribution in [1.29, 1.82) is 0 Å². The highest BCUT2D eigenvalue weighted by Crippen LogP contribution is 2.60. The fourth-order valence-corrected chi connectivity index (χ4v) is 6.45. The summed E-state index contributed by atoms with van der Waals surface area (Å²) in [4.78, 5) is 27.9. The van der Waals surface area contributed by atoms with Gasteiger partial charge in [-0.3, -0.25) is 9.59 Å². The van der Waals surface area contributed by atoms with Gasteiger partial charge in [0.25, 0.3) is 0 Å². The molecule has 3 heteroatoms. The number of Topliss-reactive ketones (excluding diaryl/α,β-unsaturated/α-hetero) is 1. The molecule has 4 saturated carbocycles. The number of carbonyl (C=O) groups excluding carboxylic acids is 2. The summed E-state index contributed by atoms with van der Waals surface area (Å²) >= 11 is 0. The molecule has 24 heavy (non-hydrogen) atoms. The predicted octanol–water partition coefficient (Wildman–Crippen LogP) is 4.13. The standard InChI is InChI=1S/C21H25NO2/c1-13-2-3-18-17(6-13)19(23)4-5-22(18)20(24)21-10-14-7-15(11-21)9-16(8-14)12-21/h2-3,6,14-16H,4-5,7-12H2,1H3. The maximum Gasteiger partial charge on any atom is 0.233 e. The number of amides is 1. The molecule has 0 unspecified atom stereocenters. The van der Waals surface area contributed by atoms with E-state index in [0.29, 0.717) is 18.9 Å². The van der Waals surface area contributed by atoms with Crippen molar-refractivity contribution in [3.05, 3.63) is 29.3 Å². The number of carbonyl (C=O) groups is 2. The normalized spacial score (nSPS) is 36.8. The highest BCUT2D eigenvalue weighted by Gasteiger charge is 2.56. The lowest BCUT2D eigenvalue weighted by Crippen LogP contribution is -2.55. The quantitative estimate of drug-likeness (QED) is 0.779. The Morgan fingerprint density at radius 2 is 1.71 bits per heavy atom. The summed E-state index contributed by atoms with van der Waals surface area (Å²) in [5.41, 5.74) is 2.57. The highest BCUT2D eigenvalue weighted by atomic mass is 16.2. The first-order valence-electron chi connectivity index (χ1n) is 9.50. The average Bonchev–Trinajstić information content (AvgIpc) is 2.54. The van der Waals surface area contributed by atoms with Gasteiger partial charge in [-0.05, 0) is 75.3 Å². The van der Waals surface area contributed by atoms with Crippen molar-refractivity contribution in [2.75, 3.05) is 11.4 Å². The lowest BCUT2D eigenvalue weighted by Gasteiger charge is -2.56. The van der Waals surface area contributed by atoms with Crippen molar-refractivity contribution in [1.82, 2.24) is 0 Å². The van der Waals surface area contributed by atoms with E-state index in [9.17, 15) is 9.59 Å². The second kappa shape index (κ2) is 4.93. The van der Waals surface area contributed by atoms with Gasteiger partial charge in [0.15, 0.2) is 5.78 Å². The van der Waals surface area contributed by atoms with Crippen molar-refractivity contribution in [3.63, 3.8) is 0 Å². The number of fused-ring (bicyclic) bond motifs is 1. The fourth-order valence-electron chi connectivity index (χ4n) is 6.45. The van der Waals surface area contributed by atoms with Gasteiger partial charge in [-0.15, -0.1) is 0 Å². The lowest BCUT2D eigenvalue weighted by molar-refractivity contribution is -0.143. The second-order valence-electron chi connectivity index (χ2n) is 8.85. The molecule has 4 fully saturated rings. The van der Waals surface area contributed by atoms with Gasteiger partial charge < -0.3 is 4.90 Å². The van der Waals surface area contributed by atoms with Gasteiger partial charge >= 0.3 is 0 Å². The molecule has 0 saturated heterocycles. The van der Waals surface area contributed by atoms with Gasteiger partial charge in [0.1, 0.15) is 0 Å². The van der Waals surface area contributed by atoms with E-state index in [-0.39, 0.29) is 11.2 Å². The van der Waals surface area contributed by atoms with E-state index in [1.54, 1.807) is 0 Å². The Hall–Kier alpha value is -1.64. The monoisotopic (exact) mass is 323 g/mol. The molecule has 1 heterocycles. The zero-order valence-electron chi connectivity index (χ0n) is 14.4. The van der Waals surface area contributed by atoms with Gasteiger partial charge in [0, 0.05) is 18.5 Å². The fraction of sp³-hybridized carbons (Fsp3) is 0.619. The molecule has 1 aliphatic heterocycles. The van der Waals surface area contributed by atoms with Crippen molar-refractivity contribution in [2.24, 2.45) is 23.2 Å². The summed E-state index contributed by atoms with van der Waals surface area (Å²) in [7, 11) is 0. The molecule has 3 nitrogen and oxygen atoms in total. The summed E-state index contributed by atoms with van der Waals surface area (Å²) in [5, 5.41) is 0. The van der Waals surface area contributed by atoms with Crippen molar-refractivity contribution < 1.29 is 9.59 Å². The van der Waals surface area contributed by atoms with Crippen LogP contribution < -0.4 is 4.90 Å². The first-order valence-corrected chi connectivity index (χ1v) is 9.50. The van der Waals surface area contributed by atoms with Crippen molar-refractivity contribution in [3.8, 4) is 0 Å². The molecular formula is C21H25NO2. The van der Waals surface area contributed by atoms with E-state index >= 15 is 0 Å². The molecule has 0 radical (unpaired) electrons. The number of hydrogen-bond acceptors (Lipinski definition) is 2. The maximum atomic E-state index is 13.6. The van der Waals surface area contributed by atoms with E-state index in [1.807, 2.05) is 30.0 Å². The number of ketones is 1. The van der Waals surface area contributed by atoms with Crippen LogP contribution >= 0.6 is 0 Å². The van der Waals surface area contributed by atoms with Gasteiger partial charge in [-0.1, -0.05) is 11.6 Å². The molecule has 126 valence electrons. The van der Waals surface area contributed by atoms with Crippen molar-refractivity contribution in [2.45, 2.75) is 51.9 Å². The topological polar surface area (TPSA) is 37.4 Å². The average molecular weight is 323 g/mol. The number of hydrogen-bond donors (Lipinski definition) is 0. The van der Waals surface area contributed by atoms with Crippen LogP contribution in [0.1, 0.15) is 60.9 Å². The van der Waals surface area contributed by atoms with Crippen molar-refractivity contribution >= 4 is 17.4 Å². The smallest absolute Gasteiger partial charge is 0.233 e. The highest BCUT2D eigenvalue weighted by molar-refractivity contribution is 6.10. The van der Waals surface area contributed by atoms with Crippen LogP contribution in [0.4, 0.5) is 5.69 Å². The molecule has 4 aliphatic carbocycles. The first-order chi connectivity index (χ1) is 11.5. The minimum absolute atomic E-state index is 0.128. The number of anilines is 1. The number of rotatable bonds is 1. The molecule has 4 bridgehead atoms. The summed E-state index contributed by atoms with van der Waals surface area (Å²) in [6, 6.07) is 5.97. The molecule has 0 aromatic heterocycles. The van der Waals surface area contributed by atoms with Crippen LogP contribution in [0.15, 0.2) is 18.2 Å². The molecule has 1 aromatic rings. The summed E-state index contributed by atoms with van der Waals surface area (Å²) < 4.78 is 0. The van der Waals surface area contributed by atoms with Gasteiger partial charge in [-0.2, -0.15) is 0 Å². The SMILES string of the molecule is Cc1ccc2c(c1)C(=O)CCN2C(=O)C12CC3CC(CC(C3)C1)C2. The Balaban J connectivity index is 1.52. The number of benzene rings is 1. The number of aryl methyl sites for hydroxylation is 1. The van der Waals surface area contributed by atoms with Crippen LogP contribution in [0.25, 0.3) is 0 Å². The van der Waals surface area contributed by atoms with Crippen LogP contribution in [-0.4, -0.2) is 18.2 Å². The summed E-state index contributed by atoms with van der Waals surface area (Å²) in [6.45, 7) is 2.57. The Morgan fingerprint density at radius 1 is 1.08 bits per heavy atom. The third-order valence-corrected chi connectivity index (χ3v) is 7.04. The molecule has 5 aliphatic rings. The van der Waals surface area contributed by atoms with Crippen LogP contribution in [-0.2, 0) is 4.79 Å². The van der Waals surface area contributed by atoms with E-state index in [4.69, 9.17) is 0 Å². The molecular weight excluding hydrogens is 298 g/mol. The van der Waals surface area contributed by atoms with E-state index in [0.717, 1.165) is 53.8 Å². The van der Waals surface area contributed by atoms with E-state index in [2.05, 4.69) is 0 Å². The zero-order valence-corrected chi connectivity index (χ0v) is 14.4. The van der Waals surface area contributed by atoms with Gasteiger partial charge in [0.2, 0.25) is 5.91 Å². The molecule has 6 rings (SSSR count). The number of nitrogens with zero attached hydrogens (tertiary/aromatic N) is 1. The lowest BCUT2D eigenvalue weighted by atomic mass is 9.49. The van der Waals surface area contributed by atoms with Crippen LogP contribution in [0, 0.1) is 30.1 Å². The van der Waals surface area contributed by atoms with Crippen LogP contribution in [0.5, 0.6) is 0 Å². The maximum absolute atomic E-state index is 13.6. The van der Waals surface area contributed by atoms with Gasteiger partial charge in [-0.25, -0.2) is 0 Å². The molecule has 0 N–H and O–H groups in total. The zero-order chi connectivity index (χ0) is 16.5. The second-order valence-corrected chi connectivity index (χ2v) is 8.85. The molecule has 1 aromatic carbocycles. The van der Waals surface area contributed by atoms with E-state index < -0.39 is 0 Å². The Kier molecular flexibility index (Phi) is 3.02. The molecule has 0 atom stereocenters. The predicted molar refractivity (Wildman–Crippen MR) is 93.1 cm³/mol. The Morgan fingerprint density at radius 3 is 2.33 bits per heavy atom. The van der Waals surface area contributed by atoms with E-state index in [1.165, 1.54) is 19.3 Å². The molecule has 0 spiro atoms. The van der Waals surface area contributed by atoms with Crippen LogP contribution in [0.2, 0.25) is 0 Å². The largest absolute Gasteiger partial charge is 0.311 e. The summed E-state index contributed by atoms with van der Waals surface area (Å²) in [6.07, 6.45) is 7.77. The van der Waals surface area contributed by atoms with Gasteiger partial charge in [0.05, 0.1) is 11.1 Å². The Labute approximate surface area is 143 Å². The molecule has 1 amide bonds. The minimum Gasteiger partial charge on any atom is -0.311 e. The third kappa shape index (κ3) is 2.03. The third-order valence-electron chi connectivity index (χ3n) is 7.04. The minimum atomic E-state index is -0.128. The first kappa shape index (κ1) is 14.7. The van der Waals surface area contributed by atoms with Crippen LogP contribution in [0.3, 0.4) is 0 Å². The summed E-state index contributed by atoms with van der Waals surface area (Å²) in [5.74, 6) is 2.81. The Bertz CT molecular complexity index is 700.